The Labute approximate surface area is 131 Å². The van der Waals surface area contributed by atoms with Crippen molar-refractivity contribution in [2.24, 2.45) is 0 Å². The number of nitrogens with zero attached hydrogens (tertiary/aromatic N) is 1. The molecule has 2 unspecified atom stereocenters. The molecule has 1 saturated heterocycles. The number of nitrogens with one attached hydrogen (secondary N) is 1. The minimum atomic E-state index is 0.00235. The van der Waals surface area contributed by atoms with Crippen molar-refractivity contribution >= 4 is 17.2 Å². The van der Waals surface area contributed by atoms with Crippen LogP contribution in [0, 0.1) is 0 Å². The van der Waals surface area contributed by atoms with E-state index in [9.17, 15) is 4.79 Å². The van der Waals surface area contributed by atoms with Crippen molar-refractivity contribution in [1.29, 1.82) is 0 Å². The van der Waals surface area contributed by atoms with E-state index in [0.29, 0.717) is 11.9 Å². The largest absolute Gasteiger partial charge is 0.318 e. The molecule has 116 valence electrons. The Balaban J connectivity index is 1.82. The van der Waals surface area contributed by atoms with Gasteiger partial charge in [-0.15, -0.1) is 11.3 Å². The molecule has 0 aromatic carbocycles. The van der Waals surface area contributed by atoms with Crippen LogP contribution in [0.4, 0.5) is 0 Å². The molecule has 1 aromatic rings. The van der Waals surface area contributed by atoms with Gasteiger partial charge in [0.15, 0.2) is 0 Å². The predicted octanol–water partition coefficient (Wildman–Crippen LogP) is 4.07. The molecule has 2 fully saturated rings. The van der Waals surface area contributed by atoms with Gasteiger partial charge in [0.2, 0.25) is 5.91 Å². The van der Waals surface area contributed by atoms with E-state index in [4.69, 9.17) is 0 Å². The first-order valence-corrected chi connectivity index (χ1v) is 9.31. The molecular weight excluding hydrogens is 280 g/mol. The average Bonchev–Trinajstić information content (AvgIpc) is 3.07. The maximum absolute atomic E-state index is 12.8. The van der Waals surface area contributed by atoms with Crippen molar-refractivity contribution in [2.75, 3.05) is 0 Å². The van der Waals surface area contributed by atoms with Crippen molar-refractivity contribution in [3.63, 3.8) is 0 Å². The highest BCUT2D eigenvalue weighted by Gasteiger charge is 2.42. The molecule has 0 bridgehead atoms. The fourth-order valence-electron chi connectivity index (χ4n) is 3.71. The topological polar surface area (TPSA) is 32.3 Å². The number of carbonyl (C=O) groups is 1. The Morgan fingerprint density at radius 3 is 2.57 bits per heavy atom. The molecule has 1 aromatic heterocycles. The van der Waals surface area contributed by atoms with E-state index in [2.05, 4.69) is 34.7 Å². The molecule has 0 spiro atoms. The lowest BCUT2D eigenvalue weighted by molar-refractivity contribution is -0.132. The van der Waals surface area contributed by atoms with Gasteiger partial charge < -0.3 is 4.90 Å². The second-order valence-electron chi connectivity index (χ2n) is 6.29. The zero-order valence-corrected chi connectivity index (χ0v) is 13.7. The third kappa shape index (κ3) is 3.16. The first kappa shape index (κ1) is 15.0. The Kier molecular flexibility index (Phi) is 4.96. The molecule has 1 aliphatic heterocycles. The van der Waals surface area contributed by atoms with Gasteiger partial charge >= 0.3 is 0 Å². The molecule has 2 aliphatic rings. The summed E-state index contributed by atoms with van der Waals surface area (Å²) in [4.78, 5) is 16.3. The first-order chi connectivity index (χ1) is 10.3. The summed E-state index contributed by atoms with van der Waals surface area (Å²) < 4.78 is 0. The molecule has 1 aliphatic carbocycles. The lowest BCUT2D eigenvalue weighted by Gasteiger charge is -2.33. The highest BCUT2D eigenvalue weighted by molar-refractivity contribution is 7.10. The van der Waals surface area contributed by atoms with Crippen LogP contribution in [0.15, 0.2) is 17.5 Å². The van der Waals surface area contributed by atoms with E-state index in [1.54, 1.807) is 11.3 Å². The van der Waals surface area contributed by atoms with E-state index in [-0.39, 0.29) is 12.2 Å². The fraction of sp³-hybridized carbons (Fsp3) is 0.706. The molecule has 21 heavy (non-hydrogen) atoms. The second-order valence-corrected chi connectivity index (χ2v) is 7.27. The molecule has 0 radical (unpaired) electrons. The summed E-state index contributed by atoms with van der Waals surface area (Å²) >= 11 is 1.76. The highest BCUT2D eigenvalue weighted by atomic mass is 32.1. The molecular formula is C17H26N2OS. The van der Waals surface area contributed by atoms with Crippen molar-refractivity contribution in [2.45, 2.75) is 76.5 Å². The number of carbonyl (C=O) groups excluding carboxylic acids is 1. The summed E-state index contributed by atoms with van der Waals surface area (Å²) in [6, 6.07) is 4.67. The van der Waals surface area contributed by atoms with Crippen LogP contribution in [0.3, 0.4) is 0 Å². The van der Waals surface area contributed by atoms with Crippen LogP contribution in [-0.2, 0) is 4.79 Å². The maximum Gasteiger partial charge on any atom is 0.241 e. The highest BCUT2D eigenvalue weighted by Crippen LogP contribution is 2.34. The third-order valence-electron chi connectivity index (χ3n) is 4.88. The number of amides is 1. The standard InChI is InChI=1S/C17H26N2OS/c1-2-14-17(20)19(13-9-6-4-3-5-7-10-13)16(18-14)15-11-8-12-21-15/h8,11-14,16,18H,2-7,9-10H2,1H3. The Morgan fingerprint density at radius 2 is 1.95 bits per heavy atom. The number of thiophene rings is 1. The van der Waals surface area contributed by atoms with E-state index >= 15 is 0 Å². The summed E-state index contributed by atoms with van der Waals surface area (Å²) in [5.41, 5.74) is 0. The summed E-state index contributed by atoms with van der Waals surface area (Å²) in [6.45, 7) is 2.10. The van der Waals surface area contributed by atoms with E-state index in [0.717, 1.165) is 6.42 Å². The number of hydrogen-bond donors (Lipinski definition) is 1. The normalized spacial score (nSPS) is 28.6. The Bertz CT molecular complexity index is 451. The summed E-state index contributed by atoms with van der Waals surface area (Å²) in [6.07, 6.45) is 9.88. The molecule has 4 heteroatoms. The lowest BCUT2D eigenvalue weighted by atomic mass is 9.95. The van der Waals surface area contributed by atoms with E-state index < -0.39 is 0 Å². The Hall–Kier alpha value is -0.870. The van der Waals surface area contributed by atoms with Crippen LogP contribution in [0.25, 0.3) is 0 Å². The van der Waals surface area contributed by atoms with Gasteiger partial charge in [-0.1, -0.05) is 45.1 Å². The molecule has 1 saturated carbocycles. The molecule has 3 rings (SSSR count). The third-order valence-corrected chi connectivity index (χ3v) is 5.80. The lowest BCUT2D eigenvalue weighted by Crippen LogP contribution is -2.40. The Morgan fingerprint density at radius 1 is 1.24 bits per heavy atom. The van der Waals surface area contributed by atoms with Crippen LogP contribution in [-0.4, -0.2) is 22.9 Å². The van der Waals surface area contributed by atoms with Crippen molar-refractivity contribution in [1.82, 2.24) is 10.2 Å². The van der Waals surface area contributed by atoms with Gasteiger partial charge in [0, 0.05) is 10.9 Å². The van der Waals surface area contributed by atoms with Crippen LogP contribution in [0.1, 0.15) is 69.3 Å². The zero-order chi connectivity index (χ0) is 14.7. The van der Waals surface area contributed by atoms with Crippen LogP contribution in [0.2, 0.25) is 0 Å². The average molecular weight is 306 g/mol. The van der Waals surface area contributed by atoms with Gasteiger partial charge in [0.25, 0.3) is 0 Å². The van der Waals surface area contributed by atoms with Crippen LogP contribution in [0.5, 0.6) is 0 Å². The molecule has 2 atom stereocenters. The minimum Gasteiger partial charge on any atom is -0.318 e. The zero-order valence-electron chi connectivity index (χ0n) is 12.9. The molecule has 1 N–H and O–H groups in total. The SMILES string of the molecule is CCC1NC(c2cccs2)N(C2CCCCCCC2)C1=O. The summed E-state index contributed by atoms with van der Waals surface area (Å²) in [5, 5.41) is 5.67. The van der Waals surface area contributed by atoms with Gasteiger partial charge in [-0.3, -0.25) is 10.1 Å². The number of rotatable bonds is 3. The van der Waals surface area contributed by atoms with Gasteiger partial charge in [-0.05, 0) is 30.7 Å². The van der Waals surface area contributed by atoms with Crippen molar-refractivity contribution in [3.05, 3.63) is 22.4 Å². The molecule has 3 nitrogen and oxygen atoms in total. The minimum absolute atomic E-state index is 0.00235. The number of hydrogen-bond acceptors (Lipinski definition) is 3. The monoisotopic (exact) mass is 306 g/mol. The predicted molar refractivity (Wildman–Crippen MR) is 87.2 cm³/mol. The van der Waals surface area contributed by atoms with Crippen molar-refractivity contribution in [3.8, 4) is 0 Å². The van der Waals surface area contributed by atoms with Crippen molar-refractivity contribution < 1.29 is 4.79 Å². The smallest absolute Gasteiger partial charge is 0.241 e. The summed E-state index contributed by atoms with van der Waals surface area (Å²) in [7, 11) is 0. The van der Waals surface area contributed by atoms with Gasteiger partial charge in [0.05, 0.1) is 6.04 Å². The van der Waals surface area contributed by atoms with E-state index in [1.807, 2.05) is 0 Å². The summed E-state index contributed by atoms with van der Waals surface area (Å²) in [5.74, 6) is 0.321. The quantitative estimate of drug-likeness (QED) is 0.913. The molecule has 1 amide bonds. The van der Waals surface area contributed by atoms with Crippen LogP contribution >= 0.6 is 11.3 Å². The first-order valence-electron chi connectivity index (χ1n) is 8.43. The fourth-order valence-corrected chi connectivity index (χ4v) is 4.49. The second kappa shape index (κ2) is 6.93. The van der Waals surface area contributed by atoms with Crippen LogP contribution < -0.4 is 5.32 Å². The van der Waals surface area contributed by atoms with Gasteiger partial charge in [-0.25, -0.2) is 0 Å². The maximum atomic E-state index is 12.8. The molecule has 2 heterocycles. The van der Waals surface area contributed by atoms with Gasteiger partial charge in [0.1, 0.15) is 6.17 Å². The van der Waals surface area contributed by atoms with E-state index in [1.165, 1.54) is 49.8 Å². The van der Waals surface area contributed by atoms with Gasteiger partial charge in [-0.2, -0.15) is 0 Å².